The van der Waals surface area contributed by atoms with Gasteiger partial charge >= 0.3 is 0 Å². The zero-order valence-electron chi connectivity index (χ0n) is 16.9. The fourth-order valence-corrected chi connectivity index (χ4v) is 3.57. The summed E-state index contributed by atoms with van der Waals surface area (Å²) in [5, 5.41) is 3.22. The van der Waals surface area contributed by atoms with Crippen LogP contribution in [0.15, 0.2) is 78.9 Å². The predicted molar refractivity (Wildman–Crippen MR) is 119 cm³/mol. The molecule has 1 amide bonds. The van der Waals surface area contributed by atoms with E-state index in [1.54, 1.807) is 0 Å². The average molecular weight is 402 g/mol. The highest BCUT2D eigenvalue weighted by molar-refractivity contribution is 5.97. The lowest BCUT2D eigenvalue weighted by Gasteiger charge is -2.29. The first-order valence-electron chi connectivity index (χ1n) is 10.3. The molecule has 0 atom stereocenters. The van der Waals surface area contributed by atoms with Crippen LogP contribution in [-0.4, -0.2) is 32.2 Å². The van der Waals surface area contributed by atoms with E-state index in [9.17, 15) is 4.79 Å². The lowest BCUT2D eigenvalue weighted by atomic mass is 10.0. The first kappa shape index (κ1) is 19.8. The largest absolute Gasteiger partial charge is 0.490 e. The number of anilines is 2. The van der Waals surface area contributed by atoms with Crippen molar-refractivity contribution in [2.24, 2.45) is 0 Å². The molecule has 154 valence electrons. The summed E-state index contributed by atoms with van der Waals surface area (Å²) < 4.78 is 11.3. The summed E-state index contributed by atoms with van der Waals surface area (Å²) >= 11 is 0. The van der Waals surface area contributed by atoms with Crippen molar-refractivity contribution in [3.63, 3.8) is 0 Å². The third-order valence-corrected chi connectivity index (χ3v) is 5.07. The smallest absolute Gasteiger partial charge is 0.246 e. The van der Waals surface area contributed by atoms with Gasteiger partial charge in [0.1, 0.15) is 24.7 Å². The number of fused-ring (bicyclic) bond motifs is 1. The predicted octanol–water partition coefficient (Wildman–Crippen LogP) is 4.54. The van der Waals surface area contributed by atoms with Crippen molar-refractivity contribution in [3.05, 3.63) is 84.4 Å². The number of carbonyl (C=O) groups excluding carboxylic acids is 1. The molecule has 0 fully saturated rings. The molecule has 0 unspecified atom stereocenters. The maximum Gasteiger partial charge on any atom is 0.246 e. The van der Waals surface area contributed by atoms with Crippen LogP contribution in [0.2, 0.25) is 0 Å². The topological polar surface area (TPSA) is 50.8 Å². The zero-order chi connectivity index (χ0) is 20.6. The fraction of sp³-hybridized carbons (Fsp3) is 0.240. The fourth-order valence-electron chi connectivity index (χ4n) is 3.57. The van der Waals surface area contributed by atoms with E-state index < -0.39 is 0 Å². The molecule has 5 nitrogen and oxygen atoms in total. The van der Waals surface area contributed by atoms with E-state index in [2.05, 4.69) is 11.4 Å². The van der Waals surface area contributed by atoms with Crippen LogP contribution in [0, 0.1) is 0 Å². The number of hydrogen-bond acceptors (Lipinski definition) is 4. The number of benzene rings is 3. The molecular formula is C25H26N2O3. The summed E-state index contributed by atoms with van der Waals surface area (Å²) in [6.45, 7) is 1.99. The molecule has 0 radical (unpaired) electrons. The Kier molecular flexibility index (Phi) is 6.50. The molecular weight excluding hydrogens is 376 g/mol. The lowest BCUT2D eigenvalue weighted by molar-refractivity contribution is -0.117. The van der Waals surface area contributed by atoms with Crippen molar-refractivity contribution in [1.82, 2.24) is 0 Å². The number of carbonyl (C=O) groups is 1. The lowest BCUT2D eigenvalue weighted by Crippen LogP contribution is -2.39. The van der Waals surface area contributed by atoms with E-state index in [0.717, 1.165) is 42.3 Å². The second-order valence-electron chi connectivity index (χ2n) is 7.17. The monoisotopic (exact) mass is 402 g/mol. The maximum absolute atomic E-state index is 12.7. The van der Waals surface area contributed by atoms with Gasteiger partial charge in [0.2, 0.25) is 5.91 Å². The summed E-state index contributed by atoms with van der Waals surface area (Å²) in [6, 6.07) is 25.5. The van der Waals surface area contributed by atoms with Gasteiger partial charge in [-0.25, -0.2) is 0 Å². The van der Waals surface area contributed by atoms with Crippen LogP contribution in [-0.2, 0) is 11.2 Å². The van der Waals surface area contributed by atoms with Gasteiger partial charge in [0.05, 0.1) is 6.54 Å². The molecule has 0 saturated carbocycles. The Morgan fingerprint density at radius 2 is 1.50 bits per heavy atom. The van der Waals surface area contributed by atoms with Crippen molar-refractivity contribution in [1.29, 1.82) is 0 Å². The van der Waals surface area contributed by atoms with E-state index in [4.69, 9.17) is 9.47 Å². The highest BCUT2D eigenvalue weighted by Crippen LogP contribution is 2.26. The molecule has 3 aromatic carbocycles. The molecule has 1 heterocycles. The second-order valence-corrected chi connectivity index (χ2v) is 7.17. The van der Waals surface area contributed by atoms with Crippen LogP contribution >= 0.6 is 0 Å². The van der Waals surface area contributed by atoms with Crippen molar-refractivity contribution < 1.29 is 14.3 Å². The summed E-state index contributed by atoms with van der Waals surface area (Å²) in [7, 11) is 0. The molecule has 0 spiro atoms. The van der Waals surface area contributed by atoms with Gasteiger partial charge in [0.25, 0.3) is 0 Å². The molecule has 3 aromatic rings. The van der Waals surface area contributed by atoms with Crippen LogP contribution in [0.3, 0.4) is 0 Å². The molecule has 1 aliphatic heterocycles. The van der Waals surface area contributed by atoms with Crippen molar-refractivity contribution in [2.45, 2.75) is 12.8 Å². The number of aryl methyl sites for hydroxylation is 1. The Balaban J connectivity index is 1.23. The highest BCUT2D eigenvalue weighted by Gasteiger charge is 2.21. The molecule has 4 rings (SSSR count). The van der Waals surface area contributed by atoms with Gasteiger partial charge in [-0.1, -0.05) is 36.4 Å². The second kappa shape index (κ2) is 9.83. The van der Waals surface area contributed by atoms with Crippen LogP contribution in [0.5, 0.6) is 11.5 Å². The third-order valence-electron chi connectivity index (χ3n) is 5.07. The Morgan fingerprint density at radius 3 is 2.27 bits per heavy atom. The molecule has 30 heavy (non-hydrogen) atoms. The van der Waals surface area contributed by atoms with E-state index in [0.29, 0.717) is 13.2 Å². The van der Waals surface area contributed by atoms with E-state index in [1.165, 1.54) is 5.56 Å². The summed E-state index contributed by atoms with van der Waals surface area (Å²) in [4.78, 5) is 14.6. The zero-order valence-corrected chi connectivity index (χ0v) is 16.9. The number of hydrogen-bond donors (Lipinski definition) is 1. The standard InChI is InChI=1S/C25H26N2O3/c28-25(27-16-6-8-20-7-4-5-11-24(20)27)19-26-21-12-14-23(15-13-21)30-18-17-29-22-9-2-1-3-10-22/h1-5,7,9-15,26H,6,8,16-19H2. The summed E-state index contributed by atoms with van der Waals surface area (Å²) in [5.41, 5.74) is 3.17. The quantitative estimate of drug-likeness (QED) is 0.562. The number of ether oxygens (including phenoxy) is 2. The van der Waals surface area contributed by atoms with E-state index in [1.807, 2.05) is 77.7 Å². The molecule has 1 N–H and O–H groups in total. The highest BCUT2D eigenvalue weighted by atomic mass is 16.5. The molecule has 0 bridgehead atoms. The van der Waals surface area contributed by atoms with Gasteiger partial charge in [-0.2, -0.15) is 0 Å². The van der Waals surface area contributed by atoms with Crippen molar-refractivity contribution >= 4 is 17.3 Å². The van der Waals surface area contributed by atoms with Crippen LogP contribution in [0.1, 0.15) is 12.0 Å². The average Bonchev–Trinajstić information content (AvgIpc) is 2.81. The molecule has 5 heteroatoms. The minimum atomic E-state index is 0.0838. The number of nitrogens with one attached hydrogen (secondary N) is 1. The van der Waals surface area contributed by atoms with Gasteiger partial charge in [-0.05, 0) is 60.9 Å². The third kappa shape index (κ3) is 5.11. The van der Waals surface area contributed by atoms with Crippen molar-refractivity contribution in [2.75, 3.05) is 36.5 Å². The summed E-state index contributed by atoms with van der Waals surface area (Å²) in [6.07, 6.45) is 2.04. The normalized spacial score (nSPS) is 12.7. The molecule has 0 aliphatic carbocycles. The summed E-state index contributed by atoms with van der Waals surface area (Å²) in [5.74, 6) is 1.69. The minimum Gasteiger partial charge on any atom is -0.490 e. The Hall–Kier alpha value is -3.47. The van der Waals surface area contributed by atoms with Gasteiger partial charge in [-0.15, -0.1) is 0 Å². The van der Waals surface area contributed by atoms with Gasteiger partial charge < -0.3 is 19.7 Å². The van der Waals surface area contributed by atoms with Crippen LogP contribution in [0.25, 0.3) is 0 Å². The van der Waals surface area contributed by atoms with E-state index >= 15 is 0 Å². The number of para-hydroxylation sites is 2. The first-order valence-corrected chi connectivity index (χ1v) is 10.3. The number of nitrogens with zero attached hydrogens (tertiary/aromatic N) is 1. The number of amides is 1. The first-order chi connectivity index (χ1) is 14.8. The van der Waals surface area contributed by atoms with Crippen molar-refractivity contribution in [3.8, 4) is 11.5 Å². The Labute approximate surface area is 177 Å². The van der Waals surface area contributed by atoms with Gasteiger partial charge in [0.15, 0.2) is 0 Å². The molecule has 1 aliphatic rings. The minimum absolute atomic E-state index is 0.0838. The molecule has 0 saturated heterocycles. The number of rotatable bonds is 8. The van der Waals surface area contributed by atoms with Gasteiger partial charge in [-0.3, -0.25) is 4.79 Å². The molecule has 0 aromatic heterocycles. The van der Waals surface area contributed by atoms with Crippen LogP contribution in [0.4, 0.5) is 11.4 Å². The Bertz CT molecular complexity index is 958. The SMILES string of the molecule is O=C(CNc1ccc(OCCOc2ccccc2)cc1)N1CCCc2ccccc21. The Morgan fingerprint density at radius 1 is 0.833 bits per heavy atom. The maximum atomic E-state index is 12.7. The van der Waals surface area contributed by atoms with E-state index in [-0.39, 0.29) is 12.5 Å². The van der Waals surface area contributed by atoms with Crippen LogP contribution < -0.4 is 19.7 Å². The van der Waals surface area contributed by atoms with Gasteiger partial charge in [0, 0.05) is 17.9 Å².